The van der Waals surface area contributed by atoms with Crippen molar-refractivity contribution in [3.8, 4) is 5.75 Å². The zero-order valence-corrected chi connectivity index (χ0v) is 15.6. The van der Waals surface area contributed by atoms with E-state index < -0.39 is 10.0 Å². The van der Waals surface area contributed by atoms with Crippen LogP contribution in [0.4, 0.5) is 5.13 Å². The number of hydrogen-bond acceptors (Lipinski definition) is 7. The van der Waals surface area contributed by atoms with E-state index in [2.05, 4.69) is 15.5 Å². The summed E-state index contributed by atoms with van der Waals surface area (Å²) >= 11 is 0.844. The summed E-state index contributed by atoms with van der Waals surface area (Å²) in [4.78, 5) is 11.1. The molecule has 8 nitrogen and oxygen atoms in total. The number of aromatic nitrogens is 2. The smallest absolute Gasteiger partial charge is 0.272 e. The molecule has 1 aliphatic heterocycles. The van der Waals surface area contributed by atoms with Crippen LogP contribution >= 0.6 is 11.3 Å². The van der Waals surface area contributed by atoms with Gasteiger partial charge in [-0.15, -0.1) is 10.2 Å². The summed E-state index contributed by atoms with van der Waals surface area (Å²) in [6.07, 6.45) is 0.611. The highest BCUT2D eigenvalue weighted by Crippen LogP contribution is 2.36. The molecule has 0 spiro atoms. The molecule has 0 saturated carbocycles. The Balaban J connectivity index is 1.92. The summed E-state index contributed by atoms with van der Waals surface area (Å²) in [6.45, 7) is 3.52. The fourth-order valence-corrected chi connectivity index (χ4v) is 5.51. The maximum atomic E-state index is 13.0. The van der Waals surface area contributed by atoms with Gasteiger partial charge in [0.1, 0.15) is 5.75 Å². The van der Waals surface area contributed by atoms with Crippen molar-refractivity contribution in [1.82, 2.24) is 14.5 Å². The molecule has 1 atom stereocenters. The van der Waals surface area contributed by atoms with Crippen LogP contribution in [0.5, 0.6) is 5.75 Å². The lowest BCUT2D eigenvalue weighted by molar-refractivity contribution is -0.114. The lowest BCUT2D eigenvalue weighted by atomic mass is 9.95. The average Bonchev–Trinajstić information content (AvgIpc) is 3.03. The molecule has 0 fully saturated rings. The van der Waals surface area contributed by atoms with Crippen molar-refractivity contribution in [2.45, 2.75) is 30.6 Å². The first-order valence-corrected chi connectivity index (χ1v) is 9.88. The first-order valence-electron chi connectivity index (χ1n) is 7.62. The quantitative estimate of drug-likeness (QED) is 0.809. The van der Waals surface area contributed by atoms with E-state index in [1.165, 1.54) is 11.2 Å². The Bertz CT molecular complexity index is 910. The van der Waals surface area contributed by atoms with Gasteiger partial charge in [0, 0.05) is 19.5 Å². The van der Waals surface area contributed by atoms with E-state index >= 15 is 0 Å². The average molecular weight is 382 g/mol. The Labute approximate surface area is 149 Å². The molecule has 1 unspecified atom stereocenters. The summed E-state index contributed by atoms with van der Waals surface area (Å²) in [6, 6.07) is 5.36. The van der Waals surface area contributed by atoms with E-state index in [1.807, 2.05) is 25.1 Å². The van der Waals surface area contributed by atoms with Crippen LogP contribution in [0, 0.1) is 0 Å². The van der Waals surface area contributed by atoms with E-state index in [1.54, 1.807) is 7.11 Å². The van der Waals surface area contributed by atoms with Crippen LogP contribution in [-0.4, -0.2) is 42.5 Å². The fourth-order valence-electron chi connectivity index (χ4n) is 2.84. The van der Waals surface area contributed by atoms with Crippen LogP contribution in [0.2, 0.25) is 0 Å². The monoisotopic (exact) mass is 382 g/mol. The van der Waals surface area contributed by atoms with Gasteiger partial charge in [-0.2, -0.15) is 4.31 Å². The van der Waals surface area contributed by atoms with Crippen LogP contribution in [0.1, 0.15) is 31.0 Å². The molecular weight excluding hydrogens is 364 g/mol. The van der Waals surface area contributed by atoms with E-state index in [9.17, 15) is 13.2 Å². The number of nitrogens with one attached hydrogen (secondary N) is 1. The maximum Gasteiger partial charge on any atom is 0.272 e. The van der Waals surface area contributed by atoms with E-state index in [0.717, 1.165) is 22.5 Å². The van der Waals surface area contributed by atoms with Gasteiger partial charge in [-0.25, -0.2) is 8.42 Å². The molecule has 1 aromatic heterocycles. The largest absolute Gasteiger partial charge is 0.497 e. The third-order valence-electron chi connectivity index (χ3n) is 4.06. The first kappa shape index (κ1) is 17.8. The highest BCUT2D eigenvalue weighted by atomic mass is 32.2. The number of amides is 1. The molecule has 10 heteroatoms. The summed E-state index contributed by atoms with van der Waals surface area (Å²) in [5.41, 5.74) is 2.02. The summed E-state index contributed by atoms with van der Waals surface area (Å²) in [5, 5.41) is 10.1. The molecule has 0 bridgehead atoms. The normalized spacial score (nSPS) is 17.8. The number of fused-ring (bicyclic) bond motifs is 1. The highest BCUT2D eigenvalue weighted by molar-refractivity contribution is 7.91. The molecule has 0 saturated heterocycles. The fraction of sp³-hybridized carbons (Fsp3) is 0.400. The molecule has 0 radical (unpaired) electrons. The molecule has 2 heterocycles. The van der Waals surface area contributed by atoms with Gasteiger partial charge in [-0.05, 0) is 36.6 Å². The van der Waals surface area contributed by atoms with Crippen molar-refractivity contribution in [2.75, 3.05) is 19.0 Å². The predicted molar refractivity (Wildman–Crippen MR) is 93.2 cm³/mol. The molecule has 25 heavy (non-hydrogen) atoms. The molecule has 134 valence electrons. The third kappa shape index (κ3) is 3.37. The van der Waals surface area contributed by atoms with Gasteiger partial charge < -0.3 is 10.1 Å². The molecule has 2 aromatic rings. The number of hydrogen-bond donors (Lipinski definition) is 1. The van der Waals surface area contributed by atoms with E-state index in [-0.39, 0.29) is 21.4 Å². The standard InChI is InChI=1S/C15H18N4O4S2/c1-9-13-8-12(23-3)5-4-11(13)6-7-19(9)25(21,22)15-18-17-14(24-15)16-10(2)20/h4-5,8-9H,6-7H2,1-3H3,(H,16,17,20). The number of methoxy groups -OCH3 is 1. The SMILES string of the molecule is COc1ccc2c(c1)C(C)N(S(=O)(=O)c1nnc(NC(C)=O)s1)CC2. The molecule has 1 aliphatic rings. The van der Waals surface area contributed by atoms with Crippen molar-refractivity contribution < 1.29 is 17.9 Å². The number of sulfonamides is 1. The van der Waals surface area contributed by atoms with Gasteiger partial charge >= 0.3 is 0 Å². The third-order valence-corrected chi connectivity index (χ3v) is 7.21. The second-order valence-corrected chi connectivity index (χ2v) is 8.70. The van der Waals surface area contributed by atoms with Gasteiger partial charge in [0.25, 0.3) is 10.0 Å². The zero-order valence-electron chi connectivity index (χ0n) is 14.0. The van der Waals surface area contributed by atoms with E-state index in [0.29, 0.717) is 18.7 Å². The second kappa shape index (κ2) is 6.70. The van der Waals surface area contributed by atoms with Crippen LogP contribution in [-0.2, 0) is 21.2 Å². The zero-order chi connectivity index (χ0) is 18.2. The number of anilines is 1. The Morgan fingerprint density at radius 1 is 1.40 bits per heavy atom. The Kier molecular flexibility index (Phi) is 4.76. The Morgan fingerprint density at radius 3 is 2.84 bits per heavy atom. The highest BCUT2D eigenvalue weighted by Gasteiger charge is 2.36. The minimum atomic E-state index is -3.80. The van der Waals surface area contributed by atoms with Gasteiger partial charge in [0.2, 0.25) is 15.4 Å². The molecule has 1 N–H and O–H groups in total. The van der Waals surface area contributed by atoms with Crippen molar-refractivity contribution in [2.24, 2.45) is 0 Å². The number of nitrogens with zero attached hydrogens (tertiary/aromatic N) is 3. The van der Waals surface area contributed by atoms with Crippen LogP contribution in [0.3, 0.4) is 0 Å². The molecule has 3 rings (SSSR count). The molecule has 1 amide bonds. The summed E-state index contributed by atoms with van der Waals surface area (Å²) < 4.78 is 32.4. The van der Waals surface area contributed by atoms with Crippen molar-refractivity contribution in [3.05, 3.63) is 29.3 Å². The number of carbonyl (C=O) groups is 1. The second-order valence-electron chi connectivity index (χ2n) is 5.66. The molecule has 1 aromatic carbocycles. The lowest BCUT2D eigenvalue weighted by Crippen LogP contribution is -2.38. The predicted octanol–water partition coefficient (Wildman–Crippen LogP) is 1.81. The van der Waals surface area contributed by atoms with Crippen LogP contribution in [0.15, 0.2) is 22.5 Å². The van der Waals surface area contributed by atoms with Crippen LogP contribution < -0.4 is 10.1 Å². The summed E-state index contributed by atoms with van der Waals surface area (Å²) in [7, 11) is -2.22. The van der Waals surface area contributed by atoms with Gasteiger partial charge in [-0.1, -0.05) is 17.4 Å². The van der Waals surface area contributed by atoms with Crippen molar-refractivity contribution >= 4 is 32.4 Å². The number of rotatable bonds is 4. The lowest BCUT2D eigenvalue weighted by Gasteiger charge is -2.33. The minimum Gasteiger partial charge on any atom is -0.497 e. The Morgan fingerprint density at radius 2 is 2.16 bits per heavy atom. The summed E-state index contributed by atoms with van der Waals surface area (Å²) in [5.74, 6) is 0.362. The van der Waals surface area contributed by atoms with Crippen molar-refractivity contribution in [3.63, 3.8) is 0 Å². The Hall–Kier alpha value is -2.04. The van der Waals surface area contributed by atoms with E-state index in [4.69, 9.17) is 4.74 Å². The molecular formula is C15H18N4O4S2. The minimum absolute atomic E-state index is 0.130. The van der Waals surface area contributed by atoms with Gasteiger partial charge in [-0.3, -0.25) is 4.79 Å². The van der Waals surface area contributed by atoms with Gasteiger partial charge in [0.05, 0.1) is 7.11 Å². The number of ether oxygens (including phenoxy) is 1. The van der Waals surface area contributed by atoms with Crippen LogP contribution in [0.25, 0.3) is 0 Å². The topological polar surface area (TPSA) is 101 Å². The first-order chi connectivity index (χ1) is 11.8. The van der Waals surface area contributed by atoms with Crippen molar-refractivity contribution in [1.29, 1.82) is 0 Å². The number of benzene rings is 1. The maximum absolute atomic E-state index is 13.0. The number of carbonyl (C=O) groups excluding carboxylic acids is 1. The molecule has 0 aliphatic carbocycles. The van der Waals surface area contributed by atoms with Gasteiger partial charge in [0.15, 0.2) is 0 Å².